The monoisotopic (exact) mass is 280 g/mol. The van der Waals surface area contributed by atoms with Gasteiger partial charge in [-0.2, -0.15) is 0 Å². The molecule has 1 rings (SSSR count). The number of carboxylic acids is 1. The molecule has 0 aliphatic carbocycles. The Hall–Kier alpha value is -2.11. The molecule has 2 N–H and O–H groups in total. The predicted octanol–water partition coefficient (Wildman–Crippen LogP) is 3.39. The van der Waals surface area contributed by atoms with Crippen LogP contribution in [0.4, 0.5) is 11.4 Å². The van der Waals surface area contributed by atoms with Gasteiger partial charge in [0.2, 0.25) is 0 Å². The Labute approximate surface area is 118 Å². The highest BCUT2D eigenvalue weighted by Crippen LogP contribution is 2.29. The number of anilines is 1. The number of nitrogens with zero attached hydrogens (tertiary/aromatic N) is 1. The quantitative estimate of drug-likeness (QED) is 0.637. The van der Waals surface area contributed by atoms with E-state index in [0.29, 0.717) is 18.2 Å². The van der Waals surface area contributed by atoms with Gasteiger partial charge in [0, 0.05) is 12.6 Å². The molecule has 1 aromatic carbocycles. The van der Waals surface area contributed by atoms with Crippen molar-refractivity contribution >= 4 is 17.3 Å². The van der Waals surface area contributed by atoms with Crippen molar-refractivity contribution in [1.29, 1.82) is 0 Å². The average molecular weight is 280 g/mol. The zero-order valence-corrected chi connectivity index (χ0v) is 12.1. The zero-order chi connectivity index (χ0) is 15.5. The molecule has 0 aliphatic rings. The number of nitro groups is 1. The highest BCUT2D eigenvalue weighted by Gasteiger charge is 2.22. The summed E-state index contributed by atoms with van der Waals surface area (Å²) in [4.78, 5) is 21.3. The van der Waals surface area contributed by atoms with Crippen LogP contribution < -0.4 is 5.32 Å². The normalized spacial score (nSPS) is 12.8. The fraction of sp³-hybridized carbons (Fsp3) is 0.500. The van der Waals surface area contributed by atoms with E-state index in [0.717, 1.165) is 6.07 Å². The number of rotatable bonds is 5. The second-order valence-electron chi connectivity index (χ2n) is 5.94. The van der Waals surface area contributed by atoms with Crippen LogP contribution in [0.5, 0.6) is 0 Å². The Morgan fingerprint density at radius 2 is 2.05 bits per heavy atom. The van der Waals surface area contributed by atoms with Gasteiger partial charge in [-0.25, -0.2) is 4.79 Å². The minimum atomic E-state index is -1.18. The number of carboxylic acid groups (broad SMARTS) is 1. The first-order valence-electron chi connectivity index (χ1n) is 6.38. The molecule has 110 valence electrons. The molecule has 1 unspecified atom stereocenters. The lowest BCUT2D eigenvalue weighted by atomic mass is 9.82. The smallest absolute Gasteiger partial charge is 0.335 e. The second-order valence-corrected chi connectivity index (χ2v) is 5.94. The second kappa shape index (κ2) is 5.90. The number of benzene rings is 1. The fourth-order valence-electron chi connectivity index (χ4n) is 1.53. The molecule has 0 aliphatic heterocycles. The van der Waals surface area contributed by atoms with E-state index in [1.54, 1.807) is 0 Å². The number of nitro benzene ring substituents is 1. The van der Waals surface area contributed by atoms with Crippen molar-refractivity contribution in [3.05, 3.63) is 33.9 Å². The van der Waals surface area contributed by atoms with Crippen molar-refractivity contribution in [2.75, 3.05) is 11.9 Å². The number of carbonyl (C=O) groups is 1. The van der Waals surface area contributed by atoms with Crippen LogP contribution in [0.25, 0.3) is 0 Å². The van der Waals surface area contributed by atoms with Gasteiger partial charge in [-0.05, 0) is 23.5 Å². The van der Waals surface area contributed by atoms with Gasteiger partial charge >= 0.3 is 5.97 Å². The van der Waals surface area contributed by atoms with Gasteiger partial charge in [-0.3, -0.25) is 10.1 Å². The van der Waals surface area contributed by atoms with Crippen molar-refractivity contribution in [3.63, 3.8) is 0 Å². The number of aromatic carboxylic acids is 1. The van der Waals surface area contributed by atoms with Gasteiger partial charge in [0.1, 0.15) is 5.69 Å². The summed E-state index contributed by atoms with van der Waals surface area (Å²) in [6.45, 7) is 8.94. The fourth-order valence-corrected chi connectivity index (χ4v) is 1.53. The zero-order valence-electron chi connectivity index (χ0n) is 12.1. The molecule has 0 saturated carbocycles. The van der Waals surface area contributed by atoms with Crippen LogP contribution in [0.2, 0.25) is 0 Å². The van der Waals surface area contributed by atoms with Crippen molar-refractivity contribution in [3.8, 4) is 0 Å². The van der Waals surface area contributed by atoms with Crippen LogP contribution in [0.3, 0.4) is 0 Å². The molecule has 0 fully saturated rings. The van der Waals surface area contributed by atoms with Gasteiger partial charge in [0.25, 0.3) is 5.69 Å². The SMILES string of the molecule is CC(CNc1ccc(C(=O)O)cc1[N+](=O)[O-])C(C)(C)C. The van der Waals surface area contributed by atoms with Gasteiger partial charge < -0.3 is 10.4 Å². The first-order valence-corrected chi connectivity index (χ1v) is 6.38. The van der Waals surface area contributed by atoms with Crippen LogP contribution in [0, 0.1) is 21.4 Å². The Morgan fingerprint density at radius 3 is 2.50 bits per heavy atom. The Balaban J connectivity index is 2.95. The largest absolute Gasteiger partial charge is 0.478 e. The number of hydrogen-bond acceptors (Lipinski definition) is 4. The summed E-state index contributed by atoms with van der Waals surface area (Å²) in [7, 11) is 0. The van der Waals surface area contributed by atoms with E-state index in [2.05, 4.69) is 33.0 Å². The molecule has 0 aromatic heterocycles. The topological polar surface area (TPSA) is 92.5 Å². The molecule has 6 nitrogen and oxygen atoms in total. The van der Waals surface area contributed by atoms with Gasteiger partial charge in [-0.15, -0.1) is 0 Å². The minimum absolute atomic E-state index is 0.0861. The minimum Gasteiger partial charge on any atom is -0.478 e. The van der Waals surface area contributed by atoms with E-state index in [4.69, 9.17) is 5.11 Å². The van der Waals surface area contributed by atoms with Crippen molar-refractivity contribution < 1.29 is 14.8 Å². The lowest BCUT2D eigenvalue weighted by Crippen LogP contribution is -2.25. The van der Waals surface area contributed by atoms with Gasteiger partial charge in [-0.1, -0.05) is 27.7 Å². The first kappa shape index (κ1) is 15.9. The summed E-state index contributed by atoms with van der Waals surface area (Å²) in [5, 5.41) is 22.9. The maximum Gasteiger partial charge on any atom is 0.335 e. The molecule has 0 amide bonds. The van der Waals surface area contributed by atoms with E-state index in [1.807, 2.05) is 0 Å². The molecule has 1 aromatic rings. The lowest BCUT2D eigenvalue weighted by Gasteiger charge is -2.27. The van der Waals surface area contributed by atoms with E-state index >= 15 is 0 Å². The van der Waals surface area contributed by atoms with Gasteiger partial charge in [0.05, 0.1) is 10.5 Å². The summed E-state index contributed by atoms with van der Waals surface area (Å²) < 4.78 is 0. The van der Waals surface area contributed by atoms with Gasteiger partial charge in [0.15, 0.2) is 0 Å². The molecule has 0 radical (unpaired) electrons. The molecular formula is C14H20N2O4. The lowest BCUT2D eigenvalue weighted by molar-refractivity contribution is -0.384. The maximum absolute atomic E-state index is 11.0. The van der Waals surface area contributed by atoms with Crippen molar-refractivity contribution in [1.82, 2.24) is 0 Å². The van der Waals surface area contributed by atoms with E-state index < -0.39 is 10.9 Å². The molecule has 1 atom stereocenters. The molecule has 0 heterocycles. The number of nitrogens with one attached hydrogen (secondary N) is 1. The summed E-state index contributed by atoms with van der Waals surface area (Å²) in [6.07, 6.45) is 0. The van der Waals surface area contributed by atoms with Crippen LogP contribution in [0.15, 0.2) is 18.2 Å². The van der Waals surface area contributed by atoms with E-state index in [1.165, 1.54) is 12.1 Å². The van der Waals surface area contributed by atoms with Crippen molar-refractivity contribution in [2.45, 2.75) is 27.7 Å². The molecule has 0 saturated heterocycles. The molecule has 6 heteroatoms. The third kappa shape index (κ3) is 3.94. The third-order valence-electron chi connectivity index (χ3n) is 3.52. The van der Waals surface area contributed by atoms with Crippen LogP contribution in [0.1, 0.15) is 38.1 Å². The third-order valence-corrected chi connectivity index (χ3v) is 3.52. The summed E-state index contributed by atoms with van der Waals surface area (Å²) in [6, 6.07) is 3.88. The summed E-state index contributed by atoms with van der Waals surface area (Å²) in [5.74, 6) is -0.871. The standard InChI is InChI=1S/C14H20N2O4/c1-9(14(2,3)4)8-15-11-6-5-10(13(17)18)7-12(11)16(19)20/h5-7,9,15H,8H2,1-4H3,(H,17,18). The highest BCUT2D eigenvalue weighted by atomic mass is 16.6. The summed E-state index contributed by atoms with van der Waals surface area (Å²) in [5.41, 5.74) is 0.121. The number of hydrogen-bond donors (Lipinski definition) is 2. The Bertz CT molecular complexity index is 520. The van der Waals surface area contributed by atoms with Crippen LogP contribution in [-0.2, 0) is 0 Å². The van der Waals surface area contributed by atoms with E-state index in [9.17, 15) is 14.9 Å². The molecule has 0 bridgehead atoms. The Kier molecular flexibility index (Phi) is 4.70. The molecule has 20 heavy (non-hydrogen) atoms. The molecule has 0 spiro atoms. The highest BCUT2D eigenvalue weighted by molar-refractivity contribution is 5.89. The van der Waals surface area contributed by atoms with E-state index in [-0.39, 0.29) is 16.7 Å². The average Bonchev–Trinajstić information content (AvgIpc) is 2.34. The maximum atomic E-state index is 11.0. The Morgan fingerprint density at radius 1 is 1.45 bits per heavy atom. The molecular weight excluding hydrogens is 260 g/mol. The van der Waals surface area contributed by atoms with Crippen LogP contribution in [-0.4, -0.2) is 22.5 Å². The van der Waals surface area contributed by atoms with Crippen molar-refractivity contribution in [2.24, 2.45) is 11.3 Å². The van der Waals surface area contributed by atoms with Crippen LogP contribution >= 0.6 is 0 Å². The summed E-state index contributed by atoms with van der Waals surface area (Å²) >= 11 is 0. The predicted molar refractivity (Wildman–Crippen MR) is 77.2 cm³/mol. The first-order chi connectivity index (χ1) is 9.12.